The normalized spacial score (nSPS) is 12.7. The molecule has 1 unspecified atom stereocenters. The molecule has 0 N–H and O–H groups in total. The molecule has 1 aromatic heterocycles. The van der Waals surface area contributed by atoms with E-state index in [0.717, 1.165) is 17.9 Å². The number of benzene rings is 1. The van der Waals surface area contributed by atoms with Crippen LogP contribution in [0.1, 0.15) is 37.6 Å². The predicted molar refractivity (Wildman–Crippen MR) is 69.8 cm³/mol. The second-order valence-electron chi connectivity index (χ2n) is 4.30. The summed E-state index contributed by atoms with van der Waals surface area (Å²) in [5.74, 6) is 1.14. The lowest BCUT2D eigenvalue weighted by Crippen LogP contribution is -1.99. The molecule has 0 saturated heterocycles. The standard InChI is InChI=1S/C13H16ClN3/c1-4-10(3)12-15-13(14)17(16-12)11-7-5-9(2)6-8-11/h5-8,10H,4H2,1-3H3. The topological polar surface area (TPSA) is 30.7 Å². The average Bonchev–Trinajstić information content (AvgIpc) is 2.71. The van der Waals surface area contributed by atoms with Crippen LogP contribution in [0.3, 0.4) is 0 Å². The van der Waals surface area contributed by atoms with E-state index in [0.29, 0.717) is 11.2 Å². The molecule has 0 saturated carbocycles. The van der Waals surface area contributed by atoms with Crippen molar-refractivity contribution in [3.63, 3.8) is 0 Å². The lowest BCUT2D eigenvalue weighted by atomic mass is 10.1. The zero-order chi connectivity index (χ0) is 12.4. The second kappa shape index (κ2) is 4.88. The largest absolute Gasteiger partial charge is 0.225 e. The highest BCUT2D eigenvalue weighted by atomic mass is 35.5. The first kappa shape index (κ1) is 12.1. The second-order valence-corrected chi connectivity index (χ2v) is 4.63. The van der Waals surface area contributed by atoms with Crippen molar-refractivity contribution < 1.29 is 0 Å². The highest BCUT2D eigenvalue weighted by Crippen LogP contribution is 2.20. The van der Waals surface area contributed by atoms with Gasteiger partial charge in [0.15, 0.2) is 5.82 Å². The van der Waals surface area contributed by atoms with Crippen molar-refractivity contribution in [1.82, 2.24) is 14.8 Å². The molecular weight excluding hydrogens is 234 g/mol. The number of aryl methyl sites for hydroxylation is 1. The van der Waals surface area contributed by atoms with E-state index in [-0.39, 0.29) is 0 Å². The summed E-state index contributed by atoms with van der Waals surface area (Å²) in [6.07, 6.45) is 1.01. The van der Waals surface area contributed by atoms with Crippen molar-refractivity contribution >= 4 is 11.6 Å². The maximum Gasteiger partial charge on any atom is 0.225 e. The fourth-order valence-electron chi connectivity index (χ4n) is 1.55. The molecular formula is C13H16ClN3. The van der Waals surface area contributed by atoms with Crippen molar-refractivity contribution in [2.75, 3.05) is 0 Å². The summed E-state index contributed by atoms with van der Waals surface area (Å²) < 4.78 is 1.68. The van der Waals surface area contributed by atoms with Gasteiger partial charge in [0, 0.05) is 5.92 Å². The van der Waals surface area contributed by atoms with Gasteiger partial charge in [-0.15, -0.1) is 5.10 Å². The minimum absolute atomic E-state index is 0.333. The van der Waals surface area contributed by atoms with E-state index in [2.05, 4.69) is 30.9 Å². The Morgan fingerprint density at radius 1 is 1.29 bits per heavy atom. The van der Waals surface area contributed by atoms with Crippen LogP contribution in [0.25, 0.3) is 5.69 Å². The van der Waals surface area contributed by atoms with E-state index in [9.17, 15) is 0 Å². The number of hydrogen-bond acceptors (Lipinski definition) is 2. The van der Waals surface area contributed by atoms with Crippen molar-refractivity contribution in [2.45, 2.75) is 33.1 Å². The van der Waals surface area contributed by atoms with Gasteiger partial charge in [-0.05, 0) is 37.1 Å². The Kier molecular flexibility index (Phi) is 3.48. The molecule has 0 bridgehead atoms. The maximum atomic E-state index is 6.11. The molecule has 1 heterocycles. The SMILES string of the molecule is CCC(C)c1nc(Cl)n(-c2ccc(C)cc2)n1. The van der Waals surface area contributed by atoms with Crippen LogP contribution in [0, 0.1) is 6.92 Å². The van der Waals surface area contributed by atoms with Crippen LogP contribution in [0.15, 0.2) is 24.3 Å². The van der Waals surface area contributed by atoms with E-state index in [1.807, 2.05) is 24.3 Å². The molecule has 0 fully saturated rings. The number of hydrogen-bond donors (Lipinski definition) is 0. The van der Waals surface area contributed by atoms with Gasteiger partial charge in [0.2, 0.25) is 5.28 Å². The Hall–Kier alpha value is -1.35. The summed E-state index contributed by atoms with van der Waals surface area (Å²) in [7, 11) is 0. The molecule has 4 heteroatoms. The molecule has 0 amide bonds. The Morgan fingerprint density at radius 2 is 1.94 bits per heavy atom. The van der Waals surface area contributed by atoms with Crippen LogP contribution < -0.4 is 0 Å². The summed E-state index contributed by atoms with van der Waals surface area (Å²) in [5.41, 5.74) is 2.16. The third kappa shape index (κ3) is 2.50. The summed E-state index contributed by atoms with van der Waals surface area (Å²) in [5, 5.41) is 4.87. The van der Waals surface area contributed by atoms with Gasteiger partial charge in [-0.25, -0.2) is 9.67 Å². The highest BCUT2D eigenvalue weighted by molar-refractivity contribution is 6.28. The van der Waals surface area contributed by atoms with Gasteiger partial charge < -0.3 is 0 Å². The van der Waals surface area contributed by atoms with Gasteiger partial charge in [0.05, 0.1) is 5.69 Å². The highest BCUT2D eigenvalue weighted by Gasteiger charge is 2.13. The van der Waals surface area contributed by atoms with Crippen LogP contribution in [0.5, 0.6) is 0 Å². The van der Waals surface area contributed by atoms with Crippen LogP contribution in [-0.4, -0.2) is 14.8 Å². The average molecular weight is 250 g/mol. The quantitative estimate of drug-likeness (QED) is 0.830. The smallest absolute Gasteiger partial charge is 0.203 e. The molecule has 1 atom stereocenters. The minimum atomic E-state index is 0.333. The van der Waals surface area contributed by atoms with Crippen molar-refractivity contribution in [1.29, 1.82) is 0 Å². The molecule has 90 valence electrons. The van der Waals surface area contributed by atoms with Gasteiger partial charge >= 0.3 is 0 Å². The molecule has 1 aromatic carbocycles. The van der Waals surface area contributed by atoms with E-state index in [1.165, 1.54) is 5.56 Å². The first-order valence-electron chi connectivity index (χ1n) is 5.81. The molecule has 0 aliphatic rings. The zero-order valence-electron chi connectivity index (χ0n) is 10.3. The molecule has 0 aliphatic carbocycles. The summed E-state index contributed by atoms with van der Waals surface area (Å²) in [6.45, 7) is 6.27. The predicted octanol–water partition coefficient (Wildman–Crippen LogP) is 3.74. The van der Waals surface area contributed by atoms with E-state index in [1.54, 1.807) is 4.68 Å². The Bertz CT molecular complexity index is 502. The molecule has 3 nitrogen and oxygen atoms in total. The summed E-state index contributed by atoms with van der Waals surface area (Å²) in [4.78, 5) is 4.30. The number of halogens is 1. The molecule has 0 spiro atoms. The van der Waals surface area contributed by atoms with Crippen molar-refractivity contribution in [3.8, 4) is 5.69 Å². The third-order valence-electron chi connectivity index (χ3n) is 2.92. The van der Waals surface area contributed by atoms with Crippen LogP contribution in [0.2, 0.25) is 5.28 Å². The van der Waals surface area contributed by atoms with Crippen LogP contribution >= 0.6 is 11.6 Å². The van der Waals surface area contributed by atoms with Crippen molar-refractivity contribution in [2.24, 2.45) is 0 Å². The maximum absolute atomic E-state index is 6.11. The molecule has 17 heavy (non-hydrogen) atoms. The molecule has 0 aliphatic heterocycles. The molecule has 2 aromatic rings. The van der Waals surface area contributed by atoms with Crippen molar-refractivity contribution in [3.05, 3.63) is 40.9 Å². The monoisotopic (exact) mass is 249 g/mol. The van der Waals surface area contributed by atoms with E-state index in [4.69, 9.17) is 11.6 Å². The van der Waals surface area contributed by atoms with Gasteiger partial charge in [-0.1, -0.05) is 31.5 Å². The lowest BCUT2D eigenvalue weighted by Gasteiger charge is -2.03. The first-order chi connectivity index (χ1) is 8.11. The summed E-state index contributed by atoms with van der Waals surface area (Å²) in [6, 6.07) is 8.07. The number of nitrogens with zero attached hydrogens (tertiary/aromatic N) is 3. The Labute approximate surface area is 106 Å². The molecule has 2 rings (SSSR count). The van der Waals surface area contributed by atoms with E-state index < -0.39 is 0 Å². The Morgan fingerprint density at radius 3 is 2.53 bits per heavy atom. The first-order valence-corrected chi connectivity index (χ1v) is 6.19. The number of aromatic nitrogens is 3. The van der Waals surface area contributed by atoms with Gasteiger partial charge in [0.1, 0.15) is 0 Å². The van der Waals surface area contributed by atoms with E-state index >= 15 is 0 Å². The molecule has 0 radical (unpaired) electrons. The fraction of sp³-hybridized carbons (Fsp3) is 0.385. The van der Waals surface area contributed by atoms with Gasteiger partial charge in [-0.3, -0.25) is 0 Å². The lowest BCUT2D eigenvalue weighted by molar-refractivity contribution is 0.672. The van der Waals surface area contributed by atoms with Crippen LogP contribution in [-0.2, 0) is 0 Å². The summed E-state index contributed by atoms with van der Waals surface area (Å²) >= 11 is 6.11. The minimum Gasteiger partial charge on any atom is -0.203 e. The van der Waals surface area contributed by atoms with Crippen LogP contribution in [0.4, 0.5) is 0 Å². The number of rotatable bonds is 3. The third-order valence-corrected chi connectivity index (χ3v) is 3.16. The van der Waals surface area contributed by atoms with Gasteiger partial charge in [0.25, 0.3) is 0 Å². The van der Waals surface area contributed by atoms with Gasteiger partial charge in [-0.2, -0.15) is 0 Å². The fourth-order valence-corrected chi connectivity index (χ4v) is 1.77. The zero-order valence-corrected chi connectivity index (χ0v) is 11.1. The Balaban J connectivity index is 2.39.